The van der Waals surface area contributed by atoms with Crippen molar-refractivity contribution in [2.24, 2.45) is 0 Å². The van der Waals surface area contributed by atoms with E-state index in [-0.39, 0.29) is 5.69 Å². The van der Waals surface area contributed by atoms with Gasteiger partial charge in [0.1, 0.15) is 0 Å². The van der Waals surface area contributed by atoms with Crippen LogP contribution in [0.15, 0.2) is 18.3 Å². The third-order valence-corrected chi connectivity index (χ3v) is 2.09. The van der Waals surface area contributed by atoms with E-state index in [1.807, 2.05) is 0 Å². The molecule has 2 atom stereocenters. The lowest BCUT2D eigenvalue weighted by Crippen LogP contribution is -2.19. The Bertz CT molecular complexity index is 365. The maximum Gasteiger partial charge on any atom is 0.359 e. The van der Waals surface area contributed by atoms with Gasteiger partial charge in [-0.15, -0.1) is 0 Å². The van der Waals surface area contributed by atoms with E-state index < -0.39 is 18.4 Å². The highest BCUT2D eigenvalue weighted by atomic mass is 16.7. The second kappa shape index (κ2) is 5.58. The van der Waals surface area contributed by atoms with Gasteiger partial charge in [-0.1, -0.05) is 6.07 Å². The van der Waals surface area contributed by atoms with Gasteiger partial charge in [0, 0.05) is 18.9 Å². The van der Waals surface area contributed by atoms with Crippen LogP contribution in [0.3, 0.4) is 0 Å². The number of carbonyl (C=O) groups excluding carboxylic acids is 1. The summed E-state index contributed by atoms with van der Waals surface area (Å²) in [4.78, 5) is 15.6. The summed E-state index contributed by atoms with van der Waals surface area (Å²) in [6, 6.07) is 3.28. The van der Waals surface area contributed by atoms with Gasteiger partial charge in [-0.2, -0.15) is 0 Å². The van der Waals surface area contributed by atoms with Crippen LogP contribution in [0.25, 0.3) is 0 Å². The Labute approximate surface area is 94.0 Å². The molecule has 0 radical (unpaired) electrons. The van der Waals surface area contributed by atoms with Crippen molar-refractivity contribution in [1.29, 1.82) is 0 Å². The van der Waals surface area contributed by atoms with Gasteiger partial charge in [-0.25, -0.2) is 9.78 Å². The van der Waals surface area contributed by atoms with Crippen LogP contribution in [0.1, 0.15) is 36.0 Å². The van der Waals surface area contributed by atoms with Gasteiger partial charge in [0.05, 0.1) is 6.10 Å². The highest BCUT2D eigenvalue weighted by Crippen LogP contribution is 2.16. The molecule has 0 aliphatic rings. The average molecular weight is 225 g/mol. The largest absolute Gasteiger partial charge is 0.431 e. The minimum Gasteiger partial charge on any atom is -0.431 e. The first-order chi connectivity index (χ1) is 7.56. The molecule has 2 unspecified atom stereocenters. The second-order valence-corrected chi connectivity index (χ2v) is 3.33. The topological polar surface area (TPSA) is 68.7 Å². The van der Waals surface area contributed by atoms with Gasteiger partial charge in [0.15, 0.2) is 12.0 Å². The molecule has 0 aliphatic carbocycles. The lowest BCUT2D eigenvalue weighted by molar-refractivity contribution is -0.0778. The zero-order valence-corrected chi connectivity index (χ0v) is 9.51. The van der Waals surface area contributed by atoms with Crippen molar-refractivity contribution in [1.82, 2.24) is 4.98 Å². The number of nitrogens with zero attached hydrogens (tertiary/aromatic N) is 1. The number of aliphatic hydroxyl groups excluding tert-OH is 1. The first-order valence-electron chi connectivity index (χ1n) is 4.93. The lowest BCUT2D eigenvalue weighted by atomic mass is 10.1. The molecule has 88 valence electrons. The predicted molar refractivity (Wildman–Crippen MR) is 56.8 cm³/mol. The lowest BCUT2D eigenvalue weighted by Gasteiger charge is -2.13. The summed E-state index contributed by atoms with van der Waals surface area (Å²) in [5.74, 6) is -0.606. The van der Waals surface area contributed by atoms with Crippen LogP contribution < -0.4 is 0 Å². The first-order valence-corrected chi connectivity index (χ1v) is 4.93. The molecular formula is C11H15NO4. The summed E-state index contributed by atoms with van der Waals surface area (Å²) in [6.07, 6.45) is 0.0606. The molecule has 1 rings (SSSR count). The van der Waals surface area contributed by atoms with Crippen LogP contribution in [0.4, 0.5) is 0 Å². The van der Waals surface area contributed by atoms with Gasteiger partial charge >= 0.3 is 5.97 Å². The molecule has 0 saturated carbocycles. The van der Waals surface area contributed by atoms with E-state index in [1.165, 1.54) is 13.3 Å². The van der Waals surface area contributed by atoms with Crippen molar-refractivity contribution >= 4 is 5.97 Å². The first kappa shape index (κ1) is 12.6. The van der Waals surface area contributed by atoms with E-state index in [9.17, 15) is 9.90 Å². The molecule has 16 heavy (non-hydrogen) atoms. The molecule has 1 N–H and O–H groups in total. The summed E-state index contributed by atoms with van der Waals surface area (Å²) < 4.78 is 9.75. The molecule has 0 bridgehead atoms. The van der Waals surface area contributed by atoms with Crippen molar-refractivity contribution in [2.45, 2.75) is 26.2 Å². The number of hydrogen-bond donors (Lipinski definition) is 1. The van der Waals surface area contributed by atoms with Crippen LogP contribution in [0, 0.1) is 0 Å². The van der Waals surface area contributed by atoms with Crippen LogP contribution in [0.5, 0.6) is 0 Å². The summed E-state index contributed by atoms with van der Waals surface area (Å²) in [5.41, 5.74) is 0.553. The Morgan fingerprint density at radius 2 is 2.19 bits per heavy atom. The molecule has 1 aromatic rings. The average Bonchev–Trinajstić information content (AvgIpc) is 2.28. The fourth-order valence-electron chi connectivity index (χ4n) is 1.18. The minimum atomic E-state index is -0.769. The quantitative estimate of drug-likeness (QED) is 0.617. The number of carbonyl (C=O) groups is 1. The van der Waals surface area contributed by atoms with E-state index in [1.54, 1.807) is 26.0 Å². The van der Waals surface area contributed by atoms with Crippen molar-refractivity contribution in [3.8, 4) is 0 Å². The van der Waals surface area contributed by atoms with E-state index in [4.69, 9.17) is 9.47 Å². The monoisotopic (exact) mass is 225 g/mol. The normalized spacial score (nSPS) is 14.2. The molecule has 1 aromatic heterocycles. The molecule has 0 fully saturated rings. The SMILES string of the molecule is COC(C)OC(=O)c1ncccc1C(C)O. The zero-order valence-electron chi connectivity index (χ0n) is 9.51. The highest BCUT2D eigenvalue weighted by Gasteiger charge is 2.18. The highest BCUT2D eigenvalue weighted by molar-refractivity contribution is 5.89. The second-order valence-electron chi connectivity index (χ2n) is 3.33. The number of aromatic nitrogens is 1. The molecule has 5 nitrogen and oxygen atoms in total. The number of methoxy groups -OCH3 is 1. The molecule has 0 spiro atoms. The van der Waals surface area contributed by atoms with Crippen molar-refractivity contribution in [3.63, 3.8) is 0 Å². The third-order valence-electron chi connectivity index (χ3n) is 2.09. The summed E-state index contributed by atoms with van der Waals surface area (Å²) in [5, 5.41) is 9.47. The summed E-state index contributed by atoms with van der Waals surface area (Å²) >= 11 is 0. The van der Waals surface area contributed by atoms with Gasteiger partial charge in [0.2, 0.25) is 0 Å². The molecule has 0 aliphatic heterocycles. The van der Waals surface area contributed by atoms with Gasteiger partial charge in [0.25, 0.3) is 0 Å². The number of hydrogen-bond acceptors (Lipinski definition) is 5. The van der Waals surface area contributed by atoms with E-state index in [0.29, 0.717) is 5.56 Å². The molecule has 0 saturated heterocycles. The van der Waals surface area contributed by atoms with Crippen molar-refractivity contribution in [3.05, 3.63) is 29.6 Å². The number of aliphatic hydroxyl groups is 1. The Kier molecular flexibility index (Phi) is 4.39. The number of esters is 1. The van der Waals surface area contributed by atoms with E-state index in [2.05, 4.69) is 4.98 Å². The standard InChI is InChI=1S/C11H15NO4/c1-7(13)9-5-4-6-12-10(9)11(14)16-8(2)15-3/h4-8,13H,1-3H3. The molecule has 1 heterocycles. The molecule has 0 amide bonds. The van der Waals surface area contributed by atoms with Crippen molar-refractivity contribution < 1.29 is 19.4 Å². The van der Waals surface area contributed by atoms with Crippen molar-refractivity contribution in [2.75, 3.05) is 7.11 Å². The molecule has 5 heteroatoms. The predicted octanol–water partition coefficient (Wildman–Crippen LogP) is 1.28. The smallest absolute Gasteiger partial charge is 0.359 e. The Hall–Kier alpha value is -1.46. The number of ether oxygens (including phenoxy) is 2. The van der Waals surface area contributed by atoms with Crippen LogP contribution in [-0.4, -0.2) is 29.5 Å². The summed E-state index contributed by atoms with van der Waals surface area (Å²) in [6.45, 7) is 3.16. The Balaban J connectivity index is 2.90. The third kappa shape index (κ3) is 3.01. The van der Waals surface area contributed by atoms with Crippen LogP contribution in [-0.2, 0) is 9.47 Å². The van der Waals surface area contributed by atoms with Gasteiger partial charge in [-0.05, 0) is 19.9 Å². The molecule has 0 aromatic carbocycles. The maximum atomic E-state index is 11.7. The Morgan fingerprint density at radius 3 is 2.75 bits per heavy atom. The van der Waals surface area contributed by atoms with E-state index in [0.717, 1.165) is 0 Å². The number of rotatable bonds is 4. The van der Waals surface area contributed by atoms with Gasteiger partial charge in [-0.3, -0.25) is 0 Å². The van der Waals surface area contributed by atoms with E-state index >= 15 is 0 Å². The molecular weight excluding hydrogens is 210 g/mol. The fourth-order valence-corrected chi connectivity index (χ4v) is 1.18. The maximum absolute atomic E-state index is 11.7. The summed E-state index contributed by atoms with van der Waals surface area (Å²) in [7, 11) is 1.44. The van der Waals surface area contributed by atoms with Crippen LogP contribution >= 0.6 is 0 Å². The van der Waals surface area contributed by atoms with Gasteiger partial charge < -0.3 is 14.6 Å². The fraction of sp³-hybridized carbons (Fsp3) is 0.455. The van der Waals surface area contributed by atoms with Crippen LogP contribution in [0.2, 0.25) is 0 Å². The minimum absolute atomic E-state index is 0.112. The zero-order chi connectivity index (χ0) is 12.1. The number of pyridine rings is 1. The Morgan fingerprint density at radius 1 is 1.50 bits per heavy atom.